The van der Waals surface area contributed by atoms with Crippen LogP contribution in [0.15, 0.2) is 164 Å². The standard InChI is InChI=1S/C43H33N/c1-30-11-9-17-36(23-30)42-28-41(29-43(44-42)37-18-10-12-31(2)24-37)35-21-19-34(20-22-35)40-26-38(32-13-5-3-6-14-32)25-39(27-40)33-15-7-4-8-16-33/h3-29H,1-2H3. The Bertz CT molecular complexity index is 1930. The number of aromatic nitrogens is 1. The zero-order valence-corrected chi connectivity index (χ0v) is 25.0. The largest absolute Gasteiger partial charge is 0.248 e. The molecule has 0 saturated carbocycles. The van der Waals surface area contributed by atoms with Crippen molar-refractivity contribution < 1.29 is 0 Å². The normalized spacial score (nSPS) is 11.0. The fourth-order valence-electron chi connectivity index (χ4n) is 5.85. The van der Waals surface area contributed by atoms with Gasteiger partial charge in [-0.25, -0.2) is 4.98 Å². The van der Waals surface area contributed by atoms with E-state index in [0.29, 0.717) is 0 Å². The first-order valence-corrected chi connectivity index (χ1v) is 15.1. The van der Waals surface area contributed by atoms with E-state index < -0.39 is 0 Å². The number of hydrogen-bond donors (Lipinski definition) is 0. The van der Waals surface area contributed by atoms with Crippen LogP contribution in [0.3, 0.4) is 0 Å². The highest BCUT2D eigenvalue weighted by Gasteiger charge is 2.11. The summed E-state index contributed by atoms with van der Waals surface area (Å²) in [6.07, 6.45) is 0. The van der Waals surface area contributed by atoms with Crippen LogP contribution in [0.4, 0.5) is 0 Å². The molecule has 7 aromatic rings. The molecule has 7 rings (SSSR count). The van der Waals surface area contributed by atoms with Gasteiger partial charge < -0.3 is 0 Å². The average molecular weight is 564 g/mol. The topological polar surface area (TPSA) is 12.9 Å². The molecule has 0 fully saturated rings. The lowest BCUT2D eigenvalue weighted by atomic mass is 9.92. The zero-order chi connectivity index (χ0) is 29.9. The summed E-state index contributed by atoms with van der Waals surface area (Å²) in [7, 11) is 0. The Labute approximate surface area is 260 Å². The van der Waals surface area contributed by atoms with E-state index in [1.54, 1.807) is 0 Å². The SMILES string of the molecule is Cc1cccc(-c2cc(-c3ccc(-c4cc(-c5ccccc5)cc(-c5ccccc5)c4)cc3)cc(-c3cccc(C)c3)n2)c1. The molecule has 0 atom stereocenters. The number of benzene rings is 6. The molecule has 1 nitrogen and oxygen atoms in total. The minimum atomic E-state index is 0.981. The van der Waals surface area contributed by atoms with E-state index in [2.05, 4.69) is 178 Å². The quantitative estimate of drug-likeness (QED) is 0.196. The maximum absolute atomic E-state index is 5.12. The van der Waals surface area contributed by atoms with E-state index in [-0.39, 0.29) is 0 Å². The summed E-state index contributed by atoms with van der Waals surface area (Å²) in [5, 5.41) is 0. The molecule has 6 aromatic carbocycles. The van der Waals surface area contributed by atoms with Crippen molar-refractivity contribution in [3.63, 3.8) is 0 Å². The highest BCUT2D eigenvalue weighted by atomic mass is 14.7. The van der Waals surface area contributed by atoms with Crippen molar-refractivity contribution in [1.82, 2.24) is 4.98 Å². The highest BCUT2D eigenvalue weighted by molar-refractivity contribution is 5.83. The van der Waals surface area contributed by atoms with Gasteiger partial charge in [-0.1, -0.05) is 132 Å². The molecule has 0 bridgehead atoms. The maximum atomic E-state index is 5.12. The van der Waals surface area contributed by atoms with Gasteiger partial charge in [0.25, 0.3) is 0 Å². The third-order valence-corrected chi connectivity index (χ3v) is 8.15. The van der Waals surface area contributed by atoms with E-state index in [0.717, 1.165) is 28.1 Å². The summed E-state index contributed by atoms with van der Waals surface area (Å²) in [5.74, 6) is 0. The molecule has 0 radical (unpaired) electrons. The van der Waals surface area contributed by atoms with Gasteiger partial charge >= 0.3 is 0 Å². The molecule has 1 aromatic heterocycles. The molecule has 1 heterocycles. The fraction of sp³-hybridized carbons (Fsp3) is 0.0465. The number of hydrogen-bond acceptors (Lipinski definition) is 1. The van der Waals surface area contributed by atoms with Crippen LogP contribution >= 0.6 is 0 Å². The van der Waals surface area contributed by atoms with Crippen LogP contribution in [0, 0.1) is 13.8 Å². The second kappa shape index (κ2) is 12.0. The lowest BCUT2D eigenvalue weighted by Gasteiger charge is -2.13. The first kappa shape index (κ1) is 27.3. The second-order valence-electron chi connectivity index (χ2n) is 11.5. The van der Waals surface area contributed by atoms with Crippen LogP contribution in [0.1, 0.15) is 11.1 Å². The first-order valence-electron chi connectivity index (χ1n) is 15.1. The minimum Gasteiger partial charge on any atom is -0.248 e. The predicted octanol–water partition coefficient (Wildman–Crippen LogP) is 11.7. The molecule has 0 aliphatic carbocycles. The molecule has 0 amide bonds. The summed E-state index contributed by atoms with van der Waals surface area (Å²) in [6, 6.07) is 58.7. The Kier molecular flexibility index (Phi) is 7.44. The van der Waals surface area contributed by atoms with Crippen LogP contribution in [0.25, 0.3) is 67.0 Å². The van der Waals surface area contributed by atoms with Crippen LogP contribution in [0.5, 0.6) is 0 Å². The molecule has 0 spiro atoms. The van der Waals surface area contributed by atoms with Gasteiger partial charge in [0, 0.05) is 11.1 Å². The summed E-state index contributed by atoms with van der Waals surface area (Å²) in [4.78, 5) is 5.12. The Morgan fingerprint density at radius 2 is 0.614 bits per heavy atom. The molecule has 0 saturated heterocycles. The molecule has 0 aliphatic heterocycles. The Hall–Kier alpha value is -5.53. The van der Waals surface area contributed by atoms with Gasteiger partial charge in [0.05, 0.1) is 11.4 Å². The maximum Gasteiger partial charge on any atom is 0.0715 e. The molecule has 0 N–H and O–H groups in total. The summed E-state index contributed by atoms with van der Waals surface area (Å²) >= 11 is 0. The van der Waals surface area contributed by atoms with E-state index in [1.807, 2.05) is 0 Å². The molecule has 0 unspecified atom stereocenters. The molecule has 44 heavy (non-hydrogen) atoms. The third kappa shape index (κ3) is 5.86. The van der Waals surface area contributed by atoms with Gasteiger partial charge in [-0.3, -0.25) is 0 Å². The number of nitrogens with zero attached hydrogens (tertiary/aromatic N) is 1. The van der Waals surface area contributed by atoms with E-state index >= 15 is 0 Å². The van der Waals surface area contributed by atoms with Gasteiger partial charge in [-0.2, -0.15) is 0 Å². The summed E-state index contributed by atoms with van der Waals surface area (Å²) < 4.78 is 0. The minimum absolute atomic E-state index is 0.981. The predicted molar refractivity (Wildman–Crippen MR) is 186 cm³/mol. The summed E-state index contributed by atoms with van der Waals surface area (Å²) in [5.41, 5.74) is 16.2. The lowest BCUT2D eigenvalue weighted by Crippen LogP contribution is -1.92. The second-order valence-corrected chi connectivity index (χ2v) is 11.5. The van der Waals surface area contributed by atoms with Crippen molar-refractivity contribution in [2.75, 3.05) is 0 Å². The fourth-order valence-corrected chi connectivity index (χ4v) is 5.85. The van der Waals surface area contributed by atoms with Crippen molar-refractivity contribution in [2.24, 2.45) is 0 Å². The lowest BCUT2D eigenvalue weighted by molar-refractivity contribution is 1.31. The molecular weight excluding hydrogens is 530 g/mol. The highest BCUT2D eigenvalue weighted by Crippen LogP contribution is 2.35. The molecular formula is C43H33N. The van der Waals surface area contributed by atoms with Crippen LogP contribution < -0.4 is 0 Å². The number of pyridine rings is 1. The average Bonchev–Trinajstić information content (AvgIpc) is 3.09. The van der Waals surface area contributed by atoms with Crippen LogP contribution in [-0.4, -0.2) is 4.98 Å². The molecule has 210 valence electrons. The van der Waals surface area contributed by atoms with Gasteiger partial charge in [0.2, 0.25) is 0 Å². The van der Waals surface area contributed by atoms with Crippen LogP contribution in [0.2, 0.25) is 0 Å². The number of rotatable bonds is 6. The van der Waals surface area contributed by atoms with E-state index in [9.17, 15) is 0 Å². The van der Waals surface area contributed by atoms with Crippen LogP contribution in [-0.2, 0) is 0 Å². The van der Waals surface area contributed by atoms with Crippen molar-refractivity contribution in [3.05, 3.63) is 175 Å². The summed E-state index contributed by atoms with van der Waals surface area (Å²) in [6.45, 7) is 4.26. The Balaban J connectivity index is 1.32. The molecule has 0 aliphatic rings. The Morgan fingerprint density at radius 1 is 0.273 bits per heavy atom. The van der Waals surface area contributed by atoms with Gasteiger partial charge in [0.15, 0.2) is 0 Å². The monoisotopic (exact) mass is 563 g/mol. The molecule has 1 heteroatoms. The first-order chi connectivity index (χ1) is 21.6. The van der Waals surface area contributed by atoms with Crippen molar-refractivity contribution in [3.8, 4) is 67.0 Å². The smallest absolute Gasteiger partial charge is 0.0715 e. The van der Waals surface area contributed by atoms with Crippen molar-refractivity contribution in [2.45, 2.75) is 13.8 Å². The van der Waals surface area contributed by atoms with Crippen molar-refractivity contribution >= 4 is 0 Å². The van der Waals surface area contributed by atoms with E-state index in [4.69, 9.17) is 4.98 Å². The van der Waals surface area contributed by atoms with Gasteiger partial charge in [-0.15, -0.1) is 0 Å². The third-order valence-electron chi connectivity index (χ3n) is 8.15. The van der Waals surface area contributed by atoms with Gasteiger partial charge in [0.1, 0.15) is 0 Å². The zero-order valence-electron chi connectivity index (χ0n) is 25.0. The van der Waals surface area contributed by atoms with Crippen molar-refractivity contribution in [1.29, 1.82) is 0 Å². The van der Waals surface area contributed by atoms with E-state index in [1.165, 1.54) is 50.1 Å². The Morgan fingerprint density at radius 3 is 1.00 bits per heavy atom. The van der Waals surface area contributed by atoms with Gasteiger partial charge in [-0.05, 0) is 101 Å². The number of aryl methyl sites for hydroxylation is 2.